The largest absolute Gasteiger partial charge is 0.346 e. The first-order chi connectivity index (χ1) is 12.9. The summed E-state index contributed by atoms with van der Waals surface area (Å²) in [7, 11) is -3.88. The van der Waals surface area contributed by atoms with Crippen LogP contribution in [0, 0.1) is 6.92 Å². The molecular weight excluding hydrogens is 358 g/mol. The van der Waals surface area contributed by atoms with Crippen LogP contribution in [0.25, 0.3) is 10.9 Å². The van der Waals surface area contributed by atoms with Crippen LogP contribution in [0.15, 0.2) is 63.2 Å². The number of aryl methyl sites for hydroxylation is 3. The van der Waals surface area contributed by atoms with E-state index in [1.165, 1.54) is 6.20 Å². The molecule has 0 aliphatic carbocycles. The minimum Gasteiger partial charge on any atom is -0.346 e. The number of hydrogen-bond acceptors (Lipinski definition) is 3. The molecule has 142 valence electrons. The zero-order chi connectivity index (χ0) is 19.6. The van der Waals surface area contributed by atoms with Crippen molar-refractivity contribution in [1.29, 1.82) is 0 Å². The van der Waals surface area contributed by atoms with Crippen LogP contribution in [-0.2, 0) is 22.8 Å². The first-order valence-electron chi connectivity index (χ1n) is 9.36. The van der Waals surface area contributed by atoms with E-state index in [-0.39, 0.29) is 9.79 Å². The van der Waals surface area contributed by atoms with Gasteiger partial charge in [-0.3, -0.25) is 4.79 Å². The lowest BCUT2D eigenvalue weighted by atomic mass is 10.1. The Morgan fingerprint density at radius 1 is 1.00 bits per heavy atom. The van der Waals surface area contributed by atoms with Crippen molar-refractivity contribution in [3.05, 3.63) is 70.0 Å². The number of nitrogens with zero attached hydrogens (tertiary/aromatic N) is 1. The molecule has 0 bridgehead atoms. The van der Waals surface area contributed by atoms with Crippen LogP contribution in [0.1, 0.15) is 37.8 Å². The Morgan fingerprint density at radius 3 is 2.33 bits per heavy atom. The third-order valence-electron chi connectivity index (χ3n) is 4.89. The highest BCUT2D eigenvalue weighted by atomic mass is 32.2. The summed E-state index contributed by atoms with van der Waals surface area (Å²) in [4.78, 5) is 13.1. The third kappa shape index (κ3) is 3.69. The quantitative estimate of drug-likeness (QED) is 0.629. The number of fused-ring (bicyclic) bond motifs is 1. The van der Waals surface area contributed by atoms with Gasteiger partial charge in [0.1, 0.15) is 4.90 Å². The zero-order valence-corrected chi connectivity index (χ0v) is 16.8. The molecular formula is C22H25NO3S. The van der Waals surface area contributed by atoms with Crippen molar-refractivity contribution in [3.8, 4) is 0 Å². The van der Waals surface area contributed by atoms with Crippen molar-refractivity contribution in [2.45, 2.75) is 56.4 Å². The van der Waals surface area contributed by atoms with E-state index < -0.39 is 15.3 Å². The van der Waals surface area contributed by atoms with E-state index >= 15 is 0 Å². The van der Waals surface area contributed by atoms with Crippen molar-refractivity contribution in [2.24, 2.45) is 0 Å². The predicted molar refractivity (Wildman–Crippen MR) is 109 cm³/mol. The molecule has 1 heterocycles. The molecule has 0 fully saturated rings. The molecule has 0 amide bonds. The molecule has 0 atom stereocenters. The van der Waals surface area contributed by atoms with E-state index in [9.17, 15) is 13.2 Å². The number of pyridine rings is 1. The second-order valence-corrected chi connectivity index (χ2v) is 8.81. The van der Waals surface area contributed by atoms with Crippen LogP contribution in [0.3, 0.4) is 0 Å². The number of unbranched alkanes of at least 4 members (excludes halogenated alkanes) is 1. The Morgan fingerprint density at radius 2 is 1.70 bits per heavy atom. The summed E-state index contributed by atoms with van der Waals surface area (Å²) in [5.74, 6) is 0. The molecule has 5 heteroatoms. The minimum absolute atomic E-state index is 0.152. The summed E-state index contributed by atoms with van der Waals surface area (Å²) in [6.45, 7) is 6.68. The van der Waals surface area contributed by atoms with Gasteiger partial charge in [0.25, 0.3) is 0 Å². The Bertz CT molecular complexity index is 1130. The van der Waals surface area contributed by atoms with Gasteiger partial charge in [-0.1, -0.05) is 44.0 Å². The van der Waals surface area contributed by atoms with Crippen molar-refractivity contribution in [2.75, 3.05) is 0 Å². The summed E-state index contributed by atoms with van der Waals surface area (Å²) in [6.07, 6.45) is 4.24. The molecule has 0 N–H and O–H groups in total. The maximum Gasteiger partial charge on any atom is 0.211 e. The third-order valence-corrected chi connectivity index (χ3v) is 6.65. The summed E-state index contributed by atoms with van der Waals surface area (Å²) in [5.41, 5.74) is 2.34. The second kappa shape index (κ2) is 7.69. The lowest BCUT2D eigenvalue weighted by Crippen LogP contribution is -2.19. The Labute approximate surface area is 160 Å². The maximum absolute atomic E-state index is 13.2. The van der Waals surface area contributed by atoms with Gasteiger partial charge in [0, 0.05) is 18.1 Å². The Balaban J connectivity index is 2.25. The minimum atomic E-state index is -3.88. The number of sulfone groups is 1. The van der Waals surface area contributed by atoms with Crippen LogP contribution < -0.4 is 5.43 Å². The Kier molecular flexibility index (Phi) is 5.51. The van der Waals surface area contributed by atoms with Crippen LogP contribution in [0.2, 0.25) is 0 Å². The lowest BCUT2D eigenvalue weighted by Gasteiger charge is -2.14. The molecule has 0 saturated carbocycles. The molecule has 0 aliphatic rings. The van der Waals surface area contributed by atoms with Gasteiger partial charge in [0.15, 0.2) is 0 Å². The summed E-state index contributed by atoms with van der Waals surface area (Å²) in [6, 6.07) is 12.4. The normalized spacial score (nSPS) is 11.8. The highest BCUT2D eigenvalue weighted by molar-refractivity contribution is 7.91. The zero-order valence-electron chi connectivity index (χ0n) is 16.0. The molecule has 3 rings (SSSR count). The lowest BCUT2D eigenvalue weighted by molar-refractivity contribution is 0.591. The highest BCUT2D eigenvalue weighted by Crippen LogP contribution is 2.23. The molecule has 0 saturated heterocycles. The fraction of sp³-hybridized carbons (Fsp3) is 0.318. The van der Waals surface area contributed by atoms with Gasteiger partial charge in [0.05, 0.1) is 10.4 Å². The van der Waals surface area contributed by atoms with E-state index in [4.69, 9.17) is 0 Å². The summed E-state index contributed by atoms with van der Waals surface area (Å²) in [5, 5.41) is 0.456. The van der Waals surface area contributed by atoms with Crippen molar-refractivity contribution in [3.63, 3.8) is 0 Å². The molecule has 3 aromatic rings. The standard InChI is InChI=1S/C22H25NO3S/c1-4-6-13-23-15-21(22(24)19-14-16(3)7-12-20(19)23)27(25,26)18-10-8-17(5-2)9-11-18/h7-12,14-15H,4-6,13H2,1-3H3. The molecule has 0 aliphatic heterocycles. The van der Waals surface area contributed by atoms with E-state index in [2.05, 4.69) is 6.92 Å². The molecule has 0 radical (unpaired) electrons. The topological polar surface area (TPSA) is 56.1 Å². The average Bonchev–Trinajstić information content (AvgIpc) is 2.67. The van der Waals surface area contributed by atoms with Crippen LogP contribution in [0.5, 0.6) is 0 Å². The predicted octanol–water partition coefficient (Wildman–Crippen LogP) is 4.51. The second-order valence-electron chi connectivity index (χ2n) is 6.89. The van der Waals surface area contributed by atoms with E-state index in [1.54, 1.807) is 30.3 Å². The molecule has 0 unspecified atom stereocenters. The van der Waals surface area contributed by atoms with Gasteiger partial charge >= 0.3 is 0 Å². The SMILES string of the molecule is CCCCn1cc(S(=O)(=O)c2ccc(CC)cc2)c(=O)c2cc(C)ccc21. The average molecular weight is 384 g/mol. The molecule has 1 aromatic heterocycles. The first kappa shape index (κ1) is 19.4. The monoisotopic (exact) mass is 383 g/mol. The molecule has 4 nitrogen and oxygen atoms in total. The van der Waals surface area contributed by atoms with E-state index in [0.717, 1.165) is 35.9 Å². The van der Waals surface area contributed by atoms with Gasteiger partial charge in [-0.05, 0) is 49.6 Å². The fourth-order valence-electron chi connectivity index (χ4n) is 3.22. The number of hydrogen-bond donors (Lipinski definition) is 0. The number of aromatic nitrogens is 1. The van der Waals surface area contributed by atoms with Gasteiger partial charge < -0.3 is 4.57 Å². The van der Waals surface area contributed by atoms with Gasteiger partial charge in [-0.25, -0.2) is 8.42 Å². The summed E-state index contributed by atoms with van der Waals surface area (Å²) < 4.78 is 28.3. The fourth-order valence-corrected chi connectivity index (χ4v) is 4.59. The highest BCUT2D eigenvalue weighted by Gasteiger charge is 2.23. The van der Waals surface area contributed by atoms with Crippen molar-refractivity contribution >= 4 is 20.7 Å². The van der Waals surface area contributed by atoms with Gasteiger partial charge in [-0.2, -0.15) is 0 Å². The van der Waals surface area contributed by atoms with Crippen LogP contribution in [-0.4, -0.2) is 13.0 Å². The van der Waals surface area contributed by atoms with Crippen molar-refractivity contribution in [1.82, 2.24) is 4.57 Å². The molecule has 0 spiro atoms. The maximum atomic E-state index is 13.2. The van der Waals surface area contributed by atoms with Gasteiger partial charge in [0.2, 0.25) is 15.3 Å². The molecule has 27 heavy (non-hydrogen) atoms. The van der Waals surface area contributed by atoms with Crippen LogP contribution >= 0.6 is 0 Å². The molecule has 2 aromatic carbocycles. The summed E-state index contributed by atoms with van der Waals surface area (Å²) >= 11 is 0. The van der Waals surface area contributed by atoms with E-state index in [1.807, 2.05) is 30.5 Å². The van der Waals surface area contributed by atoms with Crippen molar-refractivity contribution < 1.29 is 8.42 Å². The number of rotatable bonds is 6. The Hall–Kier alpha value is -2.40. The van der Waals surface area contributed by atoms with Gasteiger partial charge in [-0.15, -0.1) is 0 Å². The number of benzene rings is 2. The van der Waals surface area contributed by atoms with Crippen LogP contribution in [0.4, 0.5) is 0 Å². The van der Waals surface area contributed by atoms with E-state index in [0.29, 0.717) is 11.9 Å². The smallest absolute Gasteiger partial charge is 0.211 e. The first-order valence-corrected chi connectivity index (χ1v) is 10.8.